The van der Waals surface area contributed by atoms with Gasteiger partial charge in [-0.05, 0) is 30.6 Å². The zero-order chi connectivity index (χ0) is 11.5. The molecule has 0 unspecified atom stereocenters. The Morgan fingerprint density at radius 2 is 2.20 bits per heavy atom. The lowest BCUT2D eigenvalue weighted by Crippen LogP contribution is -2.44. The Balaban J connectivity index is 2.41. The first-order chi connectivity index (χ1) is 6.94. The number of amides is 1. The Morgan fingerprint density at radius 1 is 1.53 bits per heavy atom. The van der Waals surface area contributed by atoms with E-state index >= 15 is 0 Å². The molecule has 3 heteroatoms. The summed E-state index contributed by atoms with van der Waals surface area (Å²) in [6.07, 6.45) is 3.95. The van der Waals surface area contributed by atoms with E-state index < -0.39 is 0 Å². The van der Waals surface area contributed by atoms with Gasteiger partial charge in [-0.2, -0.15) is 0 Å². The monoisotopic (exact) mass is 212 g/mol. The van der Waals surface area contributed by atoms with Gasteiger partial charge in [-0.25, -0.2) is 0 Å². The van der Waals surface area contributed by atoms with Gasteiger partial charge in [0.15, 0.2) is 0 Å². The normalized spacial score (nSPS) is 29.9. The Labute approximate surface area is 92.8 Å². The van der Waals surface area contributed by atoms with Crippen molar-refractivity contribution in [1.82, 2.24) is 5.32 Å². The molecule has 0 saturated heterocycles. The second-order valence-corrected chi connectivity index (χ2v) is 5.60. The van der Waals surface area contributed by atoms with Crippen molar-refractivity contribution in [2.24, 2.45) is 17.1 Å². The van der Waals surface area contributed by atoms with Gasteiger partial charge in [0, 0.05) is 19.0 Å². The molecular weight excluding hydrogens is 188 g/mol. The zero-order valence-electron chi connectivity index (χ0n) is 10.2. The van der Waals surface area contributed by atoms with E-state index in [2.05, 4.69) is 26.1 Å². The minimum atomic E-state index is 0.106. The summed E-state index contributed by atoms with van der Waals surface area (Å²) in [5.74, 6) is 0.685. The van der Waals surface area contributed by atoms with Crippen molar-refractivity contribution in [2.75, 3.05) is 6.54 Å². The number of rotatable bonds is 3. The molecule has 0 spiro atoms. The molecular formula is C12H24N2O. The summed E-state index contributed by atoms with van der Waals surface area (Å²) in [6.45, 7) is 7.29. The van der Waals surface area contributed by atoms with Crippen LogP contribution in [0.25, 0.3) is 0 Å². The van der Waals surface area contributed by atoms with E-state index in [1.807, 2.05) is 0 Å². The first-order valence-corrected chi connectivity index (χ1v) is 5.94. The predicted molar refractivity (Wildman–Crippen MR) is 62.4 cm³/mol. The van der Waals surface area contributed by atoms with Crippen molar-refractivity contribution < 1.29 is 4.79 Å². The number of hydrogen-bond donors (Lipinski definition) is 2. The molecule has 0 aromatic carbocycles. The van der Waals surface area contributed by atoms with E-state index in [-0.39, 0.29) is 5.91 Å². The Hall–Kier alpha value is -0.570. The Kier molecular flexibility index (Phi) is 4.14. The largest absolute Gasteiger partial charge is 0.353 e. The van der Waals surface area contributed by atoms with Gasteiger partial charge in [0.2, 0.25) is 5.91 Å². The Morgan fingerprint density at radius 3 is 2.73 bits per heavy atom. The second kappa shape index (κ2) is 4.97. The highest BCUT2D eigenvalue weighted by atomic mass is 16.1. The van der Waals surface area contributed by atoms with Gasteiger partial charge in [-0.1, -0.05) is 20.8 Å². The summed E-state index contributed by atoms with van der Waals surface area (Å²) in [6, 6.07) is 0.358. The van der Waals surface area contributed by atoms with E-state index in [9.17, 15) is 4.79 Å². The van der Waals surface area contributed by atoms with Gasteiger partial charge >= 0.3 is 0 Å². The standard InChI is InChI=1S/C12H24N2O/c1-9-8-12(2,3)6-4-10(9)14-11(15)5-7-13/h9-10H,4-8,13H2,1-3H3,(H,14,15)/t9-,10-/m1/s1. The van der Waals surface area contributed by atoms with Crippen LogP contribution in [0.2, 0.25) is 0 Å². The Bertz CT molecular complexity index is 226. The molecule has 3 nitrogen and oxygen atoms in total. The van der Waals surface area contributed by atoms with Crippen molar-refractivity contribution in [1.29, 1.82) is 0 Å². The summed E-state index contributed by atoms with van der Waals surface area (Å²) in [5.41, 5.74) is 5.79. The van der Waals surface area contributed by atoms with Crippen LogP contribution in [0.1, 0.15) is 46.5 Å². The summed E-state index contributed by atoms with van der Waals surface area (Å²) in [4.78, 5) is 11.4. The SMILES string of the molecule is C[C@@H]1CC(C)(C)CC[C@H]1NC(=O)CCN. The lowest BCUT2D eigenvalue weighted by molar-refractivity contribution is -0.122. The highest BCUT2D eigenvalue weighted by molar-refractivity contribution is 5.76. The van der Waals surface area contributed by atoms with E-state index in [0.717, 1.165) is 6.42 Å². The maximum absolute atomic E-state index is 11.4. The maximum Gasteiger partial charge on any atom is 0.221 e. The van der Waals surface area contributed by atoms with E-state index in [1.165, 1.54) is 12.8 Å². The fourth-order valence-electron chi connectivity index (χ4n) is 2.57. The van der Waals surface area contributed by atoms with Crippen LogP contribution in [-0.4, -0.2) is 18.5 Å². The minimum Gasteiger partial charge on any atom is -0.353 e. The zero-order valence-corrected chi connectivity index (χ0v) is 10.2. The molecule has 0 heterocycles. The quantitative estimate of drug-likeness (QED) is 0.747. The van der Waals surface area contributed by atoms with Crippen molar-refractivity contribution in [3.8, 4) is 0 Å². The van der Waals surface area contributed by atoms with Gasteiger partial charge in [0.25, 0.3) is 0 Å². The molecule has 2 atom stereocenters. The van der Waals surface area contributed by atoms with Crippen LogP contribution in [0.15, 0.2) is 0 Å². The summed E-state index contributed by atoms with van der Waals surface area (Å²) < 4.78 is 0. The fourth-order valence-corrected chi connectivity index (χ4v) is 2.57. The third-order valence-corrected chi connectivity index (χ3v) is 3.41. The van der Waals surface area contributed by atoms with Crippen LogP contribution in [0.5, 0.6) is 0 Å². The van der Waals surface area contributed by atoms with Gasteiger partial charge in [-0.3, -0.25) is 4.79 Å². The molecule has 1 aliphatic carbocycles. The number of nitrogens with two attached hydrogens (primary N) is 1. The summed E-state index contributed by atoms with van der Waals surface area (Å²) in [7, 11) is 0. The minimum absolute atomic E-state index is 0.106. The topological polar surface area (TPSA) is 55.1 Å². The second-order valence-electron chi connectivity index (χ2n) is 5.60. The number of hydrogen-bond acceptors (Lipinski definition) is 2. The highest BCUT2D eigenvalue weighted by Crippen LogP contribution is 2.38. The van der Waals surface area contributed by atoms with Crippen molar-refractivity contribution in [3.05, 3.63) is 0 Å². The summed E-state index contributed by atoms with van der Waals surface area (Å²) >= 11 is 0. The molecule has 0 aliphatic heterocycles. The fraction of sp³-hybridized carbons (Fsp3) is 0.917. The van der Waals surface area contributed by atoms with E-state index in [0.29, 0.717) is 30.3 Å². The predicted octanol–water partition coefficient (Wildman–Crippen LogP) is 1.67. The van der Waals surface area contributed by atoms with Crippen LogP contribution in [0.3, 0.4) is 0 Å². The lowest BCUT2D eigenvalue weighted by Gasteiger charge is -2.39. The van der Waals surface area contributed by atoms with Gasteiger partial charge in [0.1, 0.15) is 0 Å². The molecule has 88 valence electrons. The molecule has 0 bridgehead atoms. The van der Waals surface area contributed by atoms with Crippen LogP contribution in [-0.2, 0) is 4.79 Å². The van der Waals surface area contributed by atoms with Crippen LogP contribution in [0.4, 0.5) is 0 Å². The van der Waals surface area contributed by atoms with Gasteiger partial charge in [-0.15, -0.1) is 0 Å². The van der Waals surface area contributed by atoms with Crippen molar-refractivity contribution in [3.63, 3.8) is 0 Å². The van der Waals surface area contributed by atoms with Gasteiger partial charge < -0.3 is 11.1 Å². The maximum atomic E-state index is 11.4. The van der Waals surface area contributed by atoms with E-state index in [1.54, 1.807) is 0 Å². The van der Waals surface area contributed by atoms with Gasteiger partial charge in [0.05, 0.1) is 0 Å². The molecule has 1 amide bonds. The number of carbonyl (C=O) groups excluding carboxylic acids is 1. The van der Waals surface area contributed by atoms with Crippen LogP contribution in [0, 0.1) is 11.3 Å². The molecule has 1 aliphatic rings. The molecule has 0 aromatic rings. The first kappa shape index (κ1) is 12.5. The van der Waals surface area contributed by atoms with Crippen LogP contribution >= 0.6 is 0 Å². The molecule has 1 fully saturated rings. The average Bonchev–Trinajstić information content (AvgIpc) is 2.10. The molecule has 1 rings (SSSR count). The van der Waals surface area contributed by atoms with Crippen molar-refractivity contribution >= 4 is 5.91 Å². The highest BCUT2D eigenvalue weighted by Gasteiger charge is 2.32. The number of carbonyl (C=O) groups is 1. The lowest BCUT2D eigenvalue weighted by atomic mass is 9.70. The number of nitrogens with one attached hydrogen (secondary N) is 1. The van der Waals surface area contributed by atoms with Crippen molar-refractivity contribution in [2.45, 2.75) is 52.5 Å². The molecule has 0 aromatic heterocycles. The molecule has 3 N–H and O–H groups in total. The molecule has 0 radical (unpaired) electrons. The van der Waals surface area contributed by atoms with Crippen LogP contribution < -0.4 is 11.1 Å². The smallest absolute Gasteiger partial charge is 0.221 e. The first-order valence-electron chi connectivity index (χ1n) is 5.94. The third-order valence-electron chi connectivity index (χ3n) is 3.41. The third kappa shape index (κ3) is 3.82. The van der Waals surface area contributed by atoms with E-state index in [4.69, 9.17) is 5.73 Å². The average molecular weight is 212 g/mol. The summed E-state index contributed by atoms with van der Waals surface area (Å²) in [5, 5.41) is 3.09. The molecule has 15 heavy (non-hydrogen) atoms. The molecule has 1 saturated carbocycles.